The summed E-state index contributed by atoms with van der Waals surface area (Å²) in [5.74, 6) is 5.49. The van der Waals surface area contributed by atoms with Gasteiger partial charge in [0.15, 0.2) is 5.11 Å². The fraction of sp³-hybridized carbons (Fsp3) is 0.222. The van der Waals surface area contributed by atoms with Crippen molar-refractivity contribution in [1.82, 2.24) is 5.01 Å². The van der Waals surface area contributed by atoms with Gasteiger partial charge in [-0.15, -0.1) is 0 Å². The molecule has 0 radical (unpaired) electrons. The van der Waals surface area contributed by atoms with Crippen molar-refractivity contribution in [3.05, 3.63) is 27.3 Å². The first-order chi connectivity index (χ1) is 6.50. The van der Waals surface area contributed by atoms with E-state index in [2.05, 4.69) is 34.0 Å². The molecule has 1 aromatic carbocycles. The lowest BCUT2D eigenvalue weighted by molar-refractivity contribution is 0.548. The van der Waals surface area contributed by atoms with Gasteiger partial charge in [-0.3, -0.25) is 5.01 Å². The average Bonchev–Trinajstić information content (AvgIpc) is 2.09. The van der Waals surface area contributed by atoms with Crippen LogP contribution in [0.4, 0.5) is 5.69 Å². The van der Waals surface area contributed by atoms with Crippen LogP contribution in [0.15, 0.2) is 18.2 Å². The standard InChI is InChI=1S/C9H12IN3S/c1-6-5-7(10)3-4-8(6)12-9(14)13(2)11/h3-5H,11H2,1-2H3,(H,12,14). The second-order valence-electron chi connectivity index (χ2n) is 3.00. The molecule has 3 nitrogen and oxygen atoms in total. The zero-order valence-electron chi connectivity index (χ0n) is 8.04. The molecule has 0 heterocycles. The molecule has 0 amide bonds. The van der Waals surface area contributed by atoms with Gasteiger partial charge in [0.25, 0.3) is 0 Å². The van der Waals surface area contributed by atoms with Crippen molar-refractivity contribution in [3.8, 4) is 0 Å². The van der Waals surface area contributed by atoms with Crippen LogP contribution in [0.5, 0.6) is 0 Å². The smallest absolute Gasteiger partial charge is 0.187 e. The lowest BCUT2D eigenvalue weighted by Gasteiger charge is -2.16. The molecule has 5 heteroatoms. The van der Waals surface area contributed by atoms with E-state index in [1.807, 2.05) is 19.1 Å². The molecule has 14 heavy (non-hydrogen) atoms. The Morgan fingerprint density at radius 2 is 2.21 bits per heavy atom. The Morgan fingerprint density at radius 3 is 2.71 bits per heavy atom. The number of hydrogen-bond donors (Lipinski definition) is 2. The minimum absolute atomic E-state index is 0.509. The van der Waals surface area contributed by atoms with E-state index in [0.29, 0.717) is 5.11 Å². The maximum absolute atomic E-state index is 5.49. The van der Waals surface area contributed by atoms with E-state index in [1.165, 1.54) is 8.58 Å². The third-order valence-corrected chi connectivity index (χ3v) is 2.81. The zero-order chi connectivity index (χ0) is 10.7. The average molecular weight is 321 g/mol. The van der Waals surface area contributed by atoms with Crippen LogP contribution >= 0.6 is 34.8 Å². The number of hydrazine groups is 1. The second kappa shape index (κ2) is 4.90. The van der Waals surface area contributed by atoms with Crippen molar-refractivity contribution in [1.29, 1.82) is 0 Å². The highest BCUT2D eigenvalue weighted by atomic mass is 127. The molecule has 0 unspecified atom stereocenters. The molecule has 0 saturated carbocycles. The molecule has 0 aromatic heterocycles. The van der Waals surface area contributed by atoms with Gasteiger partial charge in [-0.05, 0) is 65.5 Å². The van der Waals surface area contributed by atoms with Crippen molar-refractivity contribution in [2.75, 3.05) is 12.4 Å². The Hall–Kier alpha value is -0.400. The molecular weight excluding hydrogens is 309 g/mol. The quantitative estimate of drug-likeness (QED) is 0.360. The third-order valence-electron chi connectivity index (χ3n) is 1.75. The number of benzene rings is 1. The van der Waals surface area contributed by atoms with Crippen LogP contribution in [0.3, 0.4) is 0 Å². The normalized spacial score (nSPS) is 9.71. The van der Waals surface area contributed by atoms with Crippen LogP contribution < -0.4 is 11.2 Å². The predicted octanol–water partition coefficient (Wildman–Crippen LogP) is 2.10. The number of hydrogen-bond acceptors (Lipinski definition) is 2. The summed E-state index contributed by atoms with van der Waals surface area (Å²) >= 11 is 7.31. The van der Waals surface area contributed by atoms with E-state index < -0.39 is 0 Å². The van der Waals surface area contributed by atoms with Gasteiger partial charge >= 0.3 is 0 Å². The molecule has 1 aromatic rings. The fourth-order valence-corrected chi connectivity index (χ4v) is 1.73. The van der Waals surface area contributed by atoms with Gasteiger partial charge in [-0.1, -0.05) is 0 Å². The molecule has 0 spiro atoms. The summed E-state index contributed by atoms with van der Waals surface area (Å²) in [5.41, 5.74) is 2.15. The molecule has 0 aliphatic heterocycles. The van der Waals surface area contributed by atoms with Crippen LogP contribution in [0.2, 0.25) is 0 Å². The monoisotopic (exact) mass is 321 g/mol. The van der Waals surface area contributed by atoms with Gasteiger partial charge in [-0.25, -0.2) is 5.84 Å². The van der Waals surface area contributed by atoms with Gasteiger partial charge in [-0.2, -0.15) is 0 Å². The number of nitrogens with two attached hydrogens (primary N) is 1. The van der Waals surface area contributed by atoms with E-state index >= 15 is 0 Å². The first-order valence-corrected chi connectivity index (χ1v) is 5.55. The summed E-state index contributed by atoms with van der Waals surface area (Å²) in [4.78, 5) is 0. The number of thiocarbonyl (C=S) groups is 1. The zero-order valence-corrected chi connectivity index (χ0v) is 11.0. The van der Waals surface area contributed by atoms with Gasteiger partial charge in [0.05, 0.1) is 0 Å². The first-order valence-electron chi connectivity index (χ1n) is 4.06. The molecule has 76 valence electrons. The summed E-state index contributed by atoms with van der Waals surface area (Å²) in [6.07, 6.45) is 0. The van der Waals surface area contributed by atoms with Crippen molar-refractivity contribution in [2.45, 2.75) is 6.92 Å². The van der Waals surface area contributed by atoms with Gasteiger partial charge in [0, 0.05) is 16.3 Å². The van der Waals surface area contributed by atoms with Crippen molar-refractivity contribution in [2.24, 2.45) is 5.84 Å². The van der Waals surface area contributed by atoms with Crippen LogP contribution in [-0.4, -0.2) is 17.2 Å². The highest BCUT2D eigenvalue weighted by Gasteiger charge is 2.02. The van der Waals surface area contributed by atoms with Crippen LogP contribution in [0.1, 0.15) is 5.56 Å². The number of halogens is 1. The number of nitrogens with zero attached hydrogens (tertiary/aromatic N) is 1. The first kappa shape index (κ1) is 11.7. The maximum Gasteiger partial charge on any atom is 0.187 e. The van der Waals surface area contributed by atoms with Crippen molar-refractivity contribution in [3.63, 3.8) is 0 Å². The number of aryl methyl sites for hydroxylation is 1. The van der Waals surface area contributed by atoms with E-state index in [9.17, 15) is 0 Å². The van der Waals surface area contributed by atoms with Gasteiger partial charge in [0.2, 0.25) is 0 Å². The van der Waals surface area contributed by atoms with E-state index in [0.717, 1.165) is 11.3 Å². The lowest BCUT2D eigenvalue weighted by Crippen LogP contribution is -2.36. The molecule has 0 atom stereocenters. The fourth-order valence-electron chi connectivity index (χ4n) is 0.971. The second-order valence-corrected chi connectivity index (χ2v) is 4.63. The molecule has 1 rings (SSSR count). The number of rotatable bonds is 1. The Morgan fingerprint density at radius 1 is 1.57 bits per heavy atom. The summed E-state index contributed by atoms with van der Waals surface area (Å²) in [7, 11) is 1.71. The molecule has 3 N–H and O–H groups in total. The Balaban J connectivity index is 2.82. The summed E-state index contributed by atoms with van der Waals surface area (Å²) in [6, 6.07) is 6.10. The van der Waals surface area contributed by atoms with Gasteiger partial charge < -0.3 is 5.32 Å². The Bertz CT molecular complexity index is 352. The van der Waals surface area contributed by atoms with Crippen LogP contribution in [-0.2, 0) is 0 Å². The molecule has 0 fully saturated rings. The molecular formula is C9H12IN3S. The predicted molar refractivity (Wildman–Crippen MR) is 72.1 cm³/mol. The molecule has 0 aliphatic carbocycles. The van der Waals surface area contributed by atoms with E-state index in [1.54, 1.807) is 7.05 Å². The maximum atomic E-state index is 5.49. The summed E-state index contributed by atoms with van der Waals surface area (Å²) < 4.78 is 1.21. The highest BCUT2D eigenvalue weighted by Crippen LogP contribution is 2.17. The summed E-state index contributed by atoms with van der Waals surface area (Å²) in [6.45, 7) is 2.03. The third kappa shape index (κ3) is 3.07. The molecule has 0 saturated heterocycles. The highest BCUT2D eigenvalue weighted by molar-refractivity contribution is 14.1. The minimum Gasteiger partial charge on any atom is -0.331 e. The van der Waals surface area contributed by atoms with Crippen molar-refractivity contribution >= 4 is 45.6 Å². The number of anilines is 1. The van der Waals surface area contributed by atoms with Crippen molar-refractivity contribution < 1.29 is 0 Å². The molecule has 0 aliphatic rings. The lowest BCUT2D eigenvalue weighted by atomic mass is 10.2. The largest absolute Gasteiger partial charge is 0.331 e. The number of nitrogens with one attached hydrogen (secondary N) is 1. The Kier molecular flexibility index (Phi) is 4.09. The Labute approximate surface area is 103 Å². The minimum atomic E-state index is 0.509. The van der Waals surface area contributed by atoms with E-state index in [-0.39, 0.29) is 0 Å². The SMILES string of the molecule is Cc1cc(I)ccc1NC(=S)N(C)N. The summed E-state index contributed by atoms with van der Waals surface area (Å²) in [5, 5.41) is 4.96. The van der Waals surface area contributed by atoms with Gasteiger partial charge in [0.1, 0.15) is 0 Å². The van der Waals surface area contributed by atoms with Crippen LogP contribution in [0.25, 0.3) is 0 Å². The van der Waals surface area contributed by atoms with Crippen LogP contribution in [0, 0.1) is 10.5 Å². The topological polar surface area (TPSA) is 41.3 Å². The van der Waals surface area contributed by atoms with E-state index in [4.69, 9.17) is 18.1 Å². The molecule has 0 bridgehead atoms.